The van der Waals surface area contributed by atoms with E-state index in [4.69, 9.17) is 0 Å². The summed E-state index contributed by atoms with van der Waals surface area (Å²) in [5.74, 6) is 0. The van der Waals surface area contributed by atoms with Crippen molar-refractivity contribution < 1.29 is 0 Å². The van der Waals surface area contributed by atoms with Crippen LogP contribution < -0.4 is 0 Å². The first-order valence-corrected chi connectivity index (χ1v) is 5.56. The fraction of sp³-hybridized carbons (Fsp3) is 0.429. The predicted molar refractivity (Wildman–Crippen MR) is 47.6 cm³/mol. The highest BCUT2D eigenvalue weighted by molar-refractivity contribution is 8.78. The van der Waals surface area contributed by atoms with E-state index < -0.39 is 0 Å². The highest BCUT2D eigenvalue weighted by Crippen LogP contribution is 2.30. The Bertz CT molecular complexity index is 136. The molecule has 1 aliphatic carbocycles. The number of rotatable bonds is 2. The number of hydrogen-bond acceptors (Lipinski definition) is 2. The zero-order chi connectivity index (χ0) is 6.53. The van der Waals surface area contributed by atoms with Crippen LogP contribution in [0.1, 0.15) is 12.8 Å². The summed E-state index contributed by atoms with van der Waals surface area (Å²) >= 11 is 0. The maximum Gasteiger partial charge on any atom is 0.0139 e. The molecule has 0 nitrogen and oxygen atoms in total. The fourth-order valence-electron chi connectivity index (χ4n) is 0.747. The van der Waals surface area contributed by atoms with E-state index >= 15 is 0 Å². The van der Waals surface area contributed by atoms with Gasteiger partial charge < -0.3 is 0 Å². The molecule has 0 spiro atoms. The molecule has 2 heteroatoms. The average Bonchev–Trinajstić information content (AvgIpc) is 1.91. The molecule has 0 saturated carbocycles. The fourth-order valence-corrected chi connectivity index (χ4v) is 2.23. The highest BCUT2D eigenvalue weighted by atomic mass is 33.1. The van der Waals surface area contributed by atoms with Gasteiger partial charge in [0.25, 0.3) is 0 Å². The molecule has 50 valence electrons. The molecule has 0 bridgehead atoms. The monoisotopic (exact) mass is 158 g/mol. The first-order valence-electron chi connectivity index (χ1n) is 3.01. The molecule has 1 rings (SSSR count). The largest absolute Gasteiger partial charge is 0.0924 e. The van der Waals surface area contributed by atoms with Crippen LogP contribution in [0.2, 0.25) is 0 Å². The molecule has 0 aliphatic heterocycles. The molecule has 0 aromatic heterocycles. The van der Waals surface area contributed by atoms with Crippen molar-refractivity contribution in [3.8, 4) is 0 Å². The van der Waals surface area contributed by atoms with Gasteiger partial charge in [-0.2, -0.15) is 0 Å². The van der Waals surface area contributed by atoms with Crippen LogP contribution in [0.3, 0.4) is 0 Å². The summed E-state index contributed by atoms with van der Waals surface area (Å²) in [5, 5.41) is 0. The predicted octanol–water partition coefficient (Wildman–Crippen LogP) is 3.23. The quantitative estimate of drug-likeness (QED) is 0.566. The van der Waals surface area contributed by atoms with E-state index in [1.54, 1.807) is 10.8 Å². The maximum absolute atomic E-state index is 2.29. The molecule has 1 aliphatic rings. The molecule has 0 fully saturated rings. The van der Waals surface area contributed by atoms with Gasteiger partial charge in [0.2, 0.25) is 0 Å². The summed E-state index contributed by atoms with van der Waals surface area (Å²) in [6, 6.07) is 0. The highest BCUT2D eigenvalue weighted by Gasteiger charge is 1.94. The Balaban J connectivity index is 2.38. The lowest BCUT2D eigenvalue weighted by Gasteiger charge is -2.01. The van der Waals surface area contributed by atoms with Crippen molar-refractivity contribution in [2.24, 2.45) is 0 Å². The van der Waals surface area contributed by atoms with Gasteiger partial charge in [0, 0.05) is 4.91 Å². The van der Waals surface area contributed by atoms with Gasteiger partial charge in [0.15, 0.2) is 0 Å². The third-order valence-electron chi connectivity index (χ3n) is 1.14. The Morgan fingerprint density at radius 3 is 2.89 bits per heavy atom. The van der Waals surface area contributed by atoms with Gasteiger partial charge in [-0.1, -0.05) is 39.8 Å². The van der Waals surface area contributed by atoms with Crippen LogP contribution >= 0.6 is 21.6 Å². The third-order valence-corrected chi connectivity index (χ3v) is 2.88. The Kier molecular flexibility index (Phi) is 3.30. The van der Waals surface area contributed by atoms with E-state index in [0.717, 1.165) is 0 Å². The van der Waals surface area contributed by atoms with Gasteiger partial charge in [-0.25, -0.2) is 0 Å². The summed E-state index contributed by atoms with van der Waals surface area (Å²) in [5.41, 5.74) is 0. The van der Waals surface area contributed by atoms with Crippen LogP contribution in [0.5, 0.6) is 0 Å². The lowest BCUT2D eigenvalue weighted by molar-refractivity contribution is 1.03. The van der Waals surface area contributed by atoms with E-state index in [-0.39, 0.29) is 0 Å². The molecule has 0 atom stereocenters. The van der Waals surface area contributed by atoms with Gasteiger partial charge in [0.05, 0.1) is 0 Å². The lowest BCUT2D eigenvalue weighted by Crippen LogP contribution is -1.76. The normalized spacial score (nSPS) is 17.7. The van der Waals surface area contributed by atoms with Crippen molar-refractivity contribution in [1.82, 2.24) is 0 Å². The molecule has 0 radical (unpaired) electrons. The summed E-state index contributed by atoms with van der Waals surface area (Å²) in [4.78, 5) is 1.41. The van der Waals surface area contributed by atoms with E-state index in [9.17, 15) is 0 Å². The van der Waals surface area contributed by atoms with Crippen molar-refractivity contribution in [3.05, 3.63) is 23.1 Å². The minimum Gasteiger partial charge on any atom is -0.0924 e. The molecule has 0 aromatic rings. The van der Waals surface area contributed by atoms with E-state index in [0.29, 0.717) is 0 Å². The van der Waals surface area contributed by atoms with Crippen LogP contribution in [-0.4, -0.2) is 6.26 Å². The first kappa shape index (κ1) is 7.29. The van der Waals surface area contributed by atoms with Gasteiger partial charge in [-0.3, -0.25) is 0 Å². The zero-order valence-corrected chi connectivity index (χ0v) is 7.10. The van der Waals surface area contributed by atoms with Crippen molar-refractivity contribution in [3.63, 3.8) is 0 Å². The maximum atomic E-state index is 2.29. The molecule has 0 amide bonds. The molecule has 0 unspecified atom stereocenters. The van der Waals surface area contributed by atoms with Crippen LogP contribution in [0, 0.1) is 0 Å². The van der Waals surface area contributed by atoms with Crippen molar-refractivity contribution >= 4 is 21.6 Å². The zero-order valence-electron chi connectivity index (χ0n) is 5.46. The summed E-state index contributed by atoms with van der Waals surface area (Å²) in [6.45, 7) is 0. The Morgan fingerprint density at radius 2 is 2.33 bits per heavy atom. The minimum atomic E-state index is 1.22. The molecule has 9 heavy (non-hydrogen) atoms. The van der Waals surface area contributed by atoms with Crippen LogP contribution in [-0.2, 0) is 0 Å². The van der Waals surface area contributed by atoms with Gasteiger partial charge in [0.1, 0.15) is 0 Å². The molecule has 0 N–H and O–H groups in total. The lowest BCUT2D eigenvalue weighted by atomic mass is 10.2. The Morgan fingerprint density at radius 1 is 1.44 bits per heavy atom. The average molecular weight is 158 g/mol. The topological polar surface area (TPSA) is 0 Å². The van der Waals surface area contributed by atoms with Crippen LogP contribution in [0.15, 0.2) is 23.1 Å². The van der Waals surface area contributed by atoms with Gasteiger partial charge >= 0.3 is 0 Å². The Hall–Kier alpha value is 0.180. The van der Waals surface area contributed by atoms with Gasteiger partial charge in [-0.05, 0) is 19.1 Å². The molecule has 0 saturated heterocycles. The summed E-state index contributed by atoms with van der Waals surface area (Å²) in [6.07, 6.45) is 11.3. The summed E-state index contributed by atoms with van der Waals surface area (Å²) < 4.78 is 0. The van der Waals surface area contributed by atoms with Crippen molar-refractivity contribution in [2.75, 3.05) is 6.26 Å². The first-order chi connectivity index (χ1) is 4.43. The van der Waals surface area contributed by atoms with E-state index in [1.807, 2.05) is 10.8 Å². The molecule has 0 aromatic carbocycles. The Labute approximate surface area is 64.2 Å². The second-order valence-corrected chi connectivity index (χ2v) is 4.31. The SMILES string of the molecule is CSSC1=CCCC=C1. The third kappa shape index (κ3) is 2.50. The molecular weight excluding hydrogens is 148 g/mol. The molecule has 0 heterocycles. The van der Waals surface area contributed by atoms with Crippen LogP contribution in [0.25, 0.3) is 0 Å². The van der Waals surface area contributed by atoms with E-state index in [2.05, 4.69) is 24.5 Å². The van der Waals surface area contributed by atoms with Crippen molar-refractivity contribution in [1.29, 1.82) is 0 Å². The van der Waals surface area contributed by atoms with Crippen molar-refractivity contribution in [2.45, 2.75) is 12.8 Å². The van der Waals surface area contributed by atoms with Gasteiger partial charge in [-0.15, -0.1) is 0 Å². The van der Waals surface area contributed by atoms with Crippen LogP contribution in [0.4, 0.5) is 0 Å². The smallest absolute Gasteiger partial charge is 0.0139 e. The number of hydrogen-bond donors (Lipinski definition) is 0. The standard InChI is InChI=1S/C7H10S2/c1-8-9-7-5-3-2-4-6-7/h3,5-6H,2,4H2,1H3. The second-order valence-electron chi connectivity index (χ2n) is 1.84. The summed E-state index contributed by atoms with van der Waals surface area (Å²) in [7, 11) is 3.65. The minimum absolute atomic E-state index is 1.22. The second kappa shape index (κ2) is 4.07. The molecular formula is C7H10S2. The van der Waals surface area contributed by atoms with E-state index in [1.165, 1.54) is 17.7 Å². The number of allylic oxidation sites excluding steroid dienone is 3.